The zero-order valence-electron chi connectivity index (χ0n) is 23.3. The molecular weight excluding hydrogens is 516 g/mol. The third-order valence-corrected chi connectivity index (χ3v) is 9.05. The minimum absolute atomic E-state index is 0.0391. The maximum absolute atomic E-state index is 13.7. The highest BCUT2D eigenvalue weighted by Gasteiger charge is 2.51. The van der Waals surface area contributed by atoms with Gasteiger partial charge in [0.1, 0.15) is 17.2 Å². The van der Waals surface area contributed by atoms with E-state index in [-0.39, 0.29) is 29.8 Å². The normalized spacial score (nSPS) is 24.5. The molecule has 0 fully saturated rings. The molecule has 2 amide bonds. The quantitative estimate of drug-likeness (QED) is 0.353. The molecule has 41 heavy (non-hydrogen) atoms. The molecule has 9 heteroatoms. The highest BCUT2D eigenvalue weighted by atomic mass is 16.3. The number of hydrogen-bond donors (Lipinski definition) is 3. The lowest BCUT2D eigenvalue weighted by atomic mass is 9.80. The summed E-state index contributed by atoms with van der Waals surface area (Å²) in [6.45, 7) is 5.65. The van der Waals surface area contributed by atoms with Crippen molar-refractivity contribution in [1.82, 2.24) is 24.8 Å². The second-order valence-electron chi connectivity index (χ2n) is 12.1. The number of anilines is 1. The fourth-order valence-corrected chi connectivity index (χ4v) is 6.97. The van der Waals surface area contributed by atoms with Crippen LogP contribution in [0.4, 0.5) is 5.82 Å². The van der Waals surface area contributed by atoms with E-state index in [0.29, 0.717) is 36.3 Å². The van der Waals surface area contributed by atoms with Gasteiger partial charge in [0.05, 0.1) is 28.9 Å². The van der Waals surface area contributed by atoms with E-state index in [1.807, 2.05) is 36.4 Å². The van der Waals surface area contributed by atoms with E-state index >= 15 is 0 Å². The summed E-state index contributed by atoms with van der Waals surface area (Å²) < 4.78 is 2.08. The lowest BCUT2D eigenvalue weighted by Gasteiger charge is -2.38. The van der Waals surface area contributed by atoms with E-state index in [1.165, 1.54) is 5.56 Å². The molecule has 0 bridgehead atoms. The monoisotopic (exact) mass is 548 g/mol. The van der Waals surface area contributed by atoms with Crippen molar-refractivity contribution in [3.05, 3.63) is 107 Å². The minimum Gasteiger partial charge on any atom is -0.384 e. The summed E-state index contributed by atoms with van der Waals surface area (Å²) in [4.78, 5) is 40.4. The molecule has 7 rings (SSSR count). The predicted molar refractivity (Wildman–Crippen MR) is 152 cm³/mol. The number of imidazole rings is 1. The van der Waals surface area contributed by atoms with Crippen molar-refractivity contribution in [3.8, 4) is 0 Å². The van der Waals surface area contributed by atoms with Crippen LogP contribution in [0.1, 0.15) is 89.5 Å². The van der Waals surface area contributed by atoms with Gasteiger partial charge in [0.25, 0.3) is 5.91 Å². The fraction of sp³-hybridized carbons (Fsp3) is 0.344. The molecule has 1 unspecified atom stereocenters. The number of aliphatic hydroxyl groups is 1. The highest BCUT2D eigenvalue weighted by Crippen LogP contribution is 2.47. The number of nitrogens with zero attached hydrogens (tertiary/aromatic N) is 4. The average molecular weight is 549 g/mol. The maximum atomic E-state index is 13.7. The van der Waals surface area contributed by atoms with Crippen molar-refractivity contribution < 1.29 is 14.7 Å². The summed E-state index contributed by atoms with van der Waals surface area (Å²) in [5, 5.41) is 17.1. The molecule has 1 aromatic carbocycles. The largest absolute Gasteiger partial charge is 0.384 e. The first kappa shape index (κ1) is 25.6. The van der Waals surface area contributed by atoms with Gasteiger partial charge in [-0.25, -0.2) is 9.97 Å². The highest BCUT2D eigenvalue weighted by molar-refractivity contribution is 6.06. The van der Waals surface area contributed by atoms with Crippen LogP contribution in [0.2, 0.25) is 0 Å². The van der Waals surface area contributed by atoms with Gasteiger partial charge in [0.2, 0.25) is 5.91 Å². The van der Waals surface area contributed by atoms with Crippen LogP contribution in [0.25, 0.3) is 0 Å². The Hall–Kier alpha value is -4.37. The molecule has 4 aromatic rings. The molecule has 5 heterocycles. The number of carbonyl (C=O) groups excluding carboxylic acids is 2. The van der Waals surface area contributed by atoms with Gasteiger partial charge >= 0.3 is 0 Å². The van der Waals surface area contributed by atoms with E-state index in [1.54, 1.807) is 32.4 Å². The van der Waals surface area contributed by atoms with Crippen LogP contribution in [0, 0.1) is 0 Å². The van der Waals surface area contributed by atoms with Crippen LogP contribution in [-0.2, 0) is 28.7 Å². The number of fused-ring (bicyclic) bond motifs is 4. The molecule has 0 saturated carbocycles. The molecule has 208 valence electrons. The van der Waals surface area contributed by atoms with Gasteiger partial charge in [0.15, 0.2) is 0 Å². The first-order valence-corrected chi connectivity index (χ1v) is 14.1. The van der Waals surface area contributed by atoms with Crippen molar-refractivity contribution in [1.29, 1.82) is 0 Å². The summed E-state index contributed by atoms with van der Waals surface area (Å²) in [5.41, 5.74) is 3.11. The molecule has 4 atom stereocenters. The van der Waals surface area contributed by atoms with Gasteiger partial charge in [-0.2, -0.15) is 0 Å². The van der Waals surface area contributed by atoms with Crippen molar-refractivity contribution in [2.75, 3.05) is 5.32 Å². The zero-order valence-corrected chi connectivity index (χ0v) is 23.3. The Morgan fingerprint density at radius 3 is 2.68 bits per heavy atom. The van der Waals surface area contributed by atoms with E-state index in [4.69, 9.17) is 0 Å². The average Bonchev–Trinajstić information content (AvgIpc) is 3.65. The zero-order chi connectivity index (χ0) is 28.5. The second-order valence-corrected chi connectivity index (χ2v) is 12.1. The first-order chi connectivity index (χ1) is 19.7. The van der Waals surface area contributed by atoms with Crippen LogP contribution in [0.5, 0.6) is 0 Å². The molecular formula is C32H32N6O3. The van der Waals surface area contributed by atoms with E-state index in [0.717, 1.165) is 22.6 Å². The second kappa shape index (κ2) is 9.07. The third kappa shape index (κ3) is 3.98. The van der Waals surface area contributed by atoms with E-state index < -0.39 is 11.0 Å². The van der Waals surface area contributed by atoms with Crippen LogP contribution < -0.4 is 10.6 Å². The lowest BCUT2D eigenvalue weighted by Crippen LogP contribution is -2.38. The Labute approximate surface area is 238 Å². The van der Waals surface area contributed by atoms with Crippen LogP contribution >= 0.6 is 0 Å². The van der Waals surface area contributed by atoms with Gasteiger partial charge in [0, 0.05) is 42.0 Å². The van der Waals surface area contributed by atoms with E-state index in [9.17, 15) is 14.7 Å². The standard InChI is InChI=1S/C32H32N6O3/c1-18-22(19-8-5-4-6-9-19)13-24(28-35-17-26(38(18)28)31(2,3)41)36-29(39)21-12-20-14-32(15-25(20)34-16-21)23-10-7-11-33-27(23)37-30(32)40/h4-12,16-18,22,24,41H,13-15H2,1-3H3,(H,36,39)(H,33,37,40)/t18-,22-,24+,32?/m1/s1. The molecule has 1 aliphatic carbocycles. The molecule has 2 aliphatic heterocycles. The van der Waals surface area contributed by atoms with Crippen LogP contribution in [0.15, 0.2) is 67.1 Å². The van der Waals surface area contributed by atoms with Gasteiger partial charge in [-0.3, -0.25) is 14.6 Å². The van der Waals surface area contributed by atoms with Crippen molar-refractivity contribution >= 4 is 17.6 Å². The Morgan fingerprint density at radius 2 is 1.90 bits per heavy atom. The van der Waals surface area contributed by atoms with E-state index in [2.05, 4.69) is 49.2 Å². The number of amides is 2. The summed E-state index contributed by atoms with van der Waals surface area (Å²) in [6, 6.07) is 15.6. The fourth-order valence-electron chi connectivity index (χ4n) is 6.97. The third-order valence-electron chi connectivity index (χ3n) is 9.05. The smallest absolute Gasteiger partial charge is 0.253 e. The number of pyridine rings is 2. The van der Waals surface area contributed by atoms with Gasteiger partial charge in [-0.05, 0) is 56.9 Å². The van der Waals surface area contributed by atoms with Crippen molar-refractivity contribution in [2.45, 2.75) is 69.1 Å². The van der Waals surface area contributed by atoms with Crippen molar-refractivity contribution in [2.24, 2.45) is 0 Å². The number of rotatable bonds is 4. The summed E-state index contributed by atoms with van der Waals surface area (Å²) in [7, 11) is 0. The topological polar surface area (TPSA) is 122 Å². The molecule has 3 aromatic heterocycles. The molecule has 0 saturated heterocycles. The molecule has 9 nitrogen and oxygen atoms in total. The Balaban J connectivity index is 1.19. The molecule has 3 aliphatic rings. The molecule has 1 spiro atoms. The number of aromatic nitrogens is 4. The minimum atomic E-state index is -1.09. The Kier molecular flexibility index (Phi) is 5.66. The SMILES string of the molecule is C[C@@H]1[C@H](c2ccccc2)C[C@H](NC(=O)c2cnc3c(c2)CC2(C3)C(=O)Nc3ncccc32)c2ncc(C(C)(C)O)n21. The Morgan fingerprint density at radius 1 is 1.10 bits per heavy atom. The number of benzene rings is 1. The van der Waals surface area contributed by atoms with Crippen LogP contribution in [0.3, 0.4) is 0 Å². The number of nitrogens with one attached hydrogen (secondary N) is 2. The lowest BCUT2D eigenvalue weighted by molar-refractivity contribution is -0.120. The first-order valence-electron chi connectivity index (χ1n) is 14.1. The number of hydrogen-bond acceptors (Lipinski definition) is 6. The molecule has 3 N–H and O–H groups in total. The van der Waals surface area contributed by atoms with Crippen LogP contribution in [-0.4, -0.2) is 36.4 Å². The summed E-state index contributed by atoms with van der Waals surface area (Å²) in [6.07, 6.45) is 6.60. The summed E-state index contributed by atoms with van der Waals surface area (Å²) in [5.74, 6) is 1.12. The maximum Gasteiger partial charge on any atom is 0.253 e. The molecule has 0 radical (unpaired) electrons. The predicted octanol–water partition coefficient (Wildman–Crippen LogP) is 4.11. The van der Waals surface area contributed by atoms with Gasteiger partial charge in [-0.1, -0.05) is 36.4 Å². The summed E-state index contributed by atoms with van der Waals surface area (Å²) >= 11 is 0. The van der Waals surface area contributed by atoms with Gasteiger partial charge in [-0.15, -0.1) is 0 Å². The van der Waals surface area contributed by atoms with Crippen molar-refractivity contribution in [3.63, 3.8) is 0 Å². The Bertz CT molecular complexity index is 1690. The number of carbonyl (C=O) groups is 2. The van der Waals surface area contributed by atoms with Gasteiger partial charge < -0.3 is 20.3 Å².